The van der Waals surface area contributed by atoms with E-state index in [1.807, 2.05) is 13.8 Å². The monoisotopic (exact) mass is 335 g/mol. The maximum absolute atomic E-state index is 13.7. The molecule has 1 atom stereocenters. The minimum Gasteiger partial charge on any atom is -0.392 e. The maximum atomic E-state index is 13.7. The van der Waals surface area contributed by atoms with Gasteiger partial charge in [-0.15, -0.1) is 0 Å². The lowest BCUT2D eigenvalue weighted by Gasteiger charge is -2.20. The van der Waals surface area contributed by atoms with Crippen LogP contribution in [0.3, 0.4) is 0 Å². The molecule has 0 radical (unpaired) electrons. The van der Waals surface area contributed by atoms with Crippen LogP contribution in [0.2, 0.25) is 0 Å². The fourth-order valence-electron chi connectivity index (χ4n) is 2.08. The van der Waals surface area contributed by atoms with Crippen molar-refractivity contribution in [3.63, 3.8) is 0 Å². The molecule has 0 saturated carbocycles. The Balaban J connectivity index is 2.56. The van der Waals surface area contributed by atoms with Crippen LogP contribution in [0.4, 0.5) is 8.78 Å². The van der Waals surface area contributed by atoms with E-state index in [4.69, 9.17) is 0 Å². The largest absolute Gasteiger partial charge is 0.392 e. The lowest BCUT2D eigenvalue weighted by molar-refractivity contribution is 0.101. The Kier molecular flexibility index (Phi) is 6.89. The first-order valence-electron chi connectivity index (χ1n) is 6.52. The van der Waals surface area contributed by atoms with Gasteiger partial charge in [-0.3, -0.25) is 0 Å². The van der Waals surface area contributed by atoms with E-state index in [0.29, 0.717) is 6.54 Å². The standard InChI is InChI=1S/C14H20BrF2NO/c1-3-9(4-2)13(19)8-18-7-10-12(16)6-5-11(15)14(10)17/h5-6,9,13,18-19H,3-4,7-8H2,1-2H3. The summed E-state index contributed by atoms with van der Waals surface area (Å²) in [5.41, 5.74) is -0.00822. The number of nitrogens with one attached hydrogen (secondary N) is 1. The molecule has 0 spiro atoms. The lowest BCUT2D eigenvalue weighted by Crippen LogP contribution is -2.32. The van der Waals surface area contributed by atoms with Gasteiger partial charge in [0.05, 0.1) is 10.6 Å². The highest BCUT2D eigenvalue weighted by Gasteiger charge is 2.16. The molecule has 0 aromatic heterocycles. The number of rotatable bonds is 7. The second-order valence-electron chi connectivity index (χ2n) is 4.60. The summed E-state index contributed by atoms with van der Waals surface area (Å²) in [5.74, 6) is -0.959. The molecule has 0 aliphatic rings. The van der Waals surface area contributed by atoms with Crippen LogP contribution in [-0.4, -0.2) is 17.8 Å². The van der Waals surface area contributed by atoms with Gasteiger partial charge in [0, 0.05) is 18.7 Å². The number of benzene rings is 1. The van der Waals surface area contributed by atoms with Crippen LogP contribution in [0.5, 0.6) is 0 Å². The highest BCUT2D eigenvalue weighted by Crippen LogP contribution is 2.21. The summed E-state index contributed by atoms with van der Waals surface area (Å²) in [4.78, 5) is 0. The van der Waals surface area contributed by atoms with Gasteiger partial charge in [0.2, 0.25) is 0 Å². The molecule has 108 valence electrons. The Morgan fingerprint density at radius 1 is 1.26 bits per heavy atom. The van der Waals surface area contributed by atoms with E-state index in [1.165, 1.54) is 12.1 Å². The molecule has 0 saturated heterocycles. The van der Waals surface area contributed by atoms with Crippen molar-refractivity contribution in [1.82, 2.24) is 5.32 Å². The highest BCUT2D eigenvalue weighted by atomic mass is 79.9. The molecular formula is C14H20BrF2NO. The van der Waals surface area contributed by atoms with Gasteiger partial charge in [-0.05, 0) is 34.0 Å². The first-order chi connectivity index (χ1) is 9.01. The van der Waals surface area contributed by atoms with E-state index in [2.05, 4.69) is 21.2 Å². The van der Waals surface area contributed by atoms with Crippen LogP contribution < -0.4 is 5.32 Å². The Hall–Kier alpha value is -0.520. The Morgan fingerprint density at radius 3 is 2.47 bits per heavy atom. The zero-order chi connectivity index (χ0) is 14.4. The van der Waals surface area contributed by atoms with E-state index in [-0.39, 0.29) is 22.5 Å². The first kappa shape index (κ1) is 16.5. The maximum Gasteiger partial charge on any atom is 0.144 e. The van der Waals surface area contributed by atoms with Gasteiger partial charge in [0.25, 0.3) is 0 Å². The molecule has 19 heavy (non-hydrogen) atoms. The van der Waals surface area contributed by atoms with Crippen LogP contribution in [0.1, 0.15) is 32.3 Å². The van der Waals surface area contributed by atoms with Crippen molar-refractivity contribution in [2.24, 2.45) is 5.92 Å². The zero-order valence-corrected chi connectivity index (χ0v) is 12.8. The molecule has 5 heteroatoms. The van der Waals surface area contributed by atoms with Crippen LogP contribution in [0, 0.1) is 17.6 Å². The average molecular weight is 336 g/mol. The second kappa shape index (κ2) is 7.92. The van der Waals surface area contributed by atoms with Crippen LogP contribution in [-0.2, 0) is 6.54 Å². The molecule has 0 aliphatic carbocycles. The summed E-state index contributed by atoms with van der Waals surface area (Å²) >= 11 is 3.03. The van der Waals surface area contributed by atoms with Crippen LogP contribution in [0.15, 0.2) is 16.6 Å². The fourth-order valence-corrected chi connectivity index (χ4v) is 2.45. The second-order valence-corrected chi connectivity index (χ2v) is 5.45. The fraction of sp³-hybridized carbons (Fsp3) is 0.571. The summed E-state index contributed by atoms with van der Waals surface area (Å²) in [5, 5.41) is 12.8. The molecule has 1 rings (SSSR count). The van der Waals surface area contributed by atoms with Crippen molar-refractivity contribution in [2.75, 3.05) is 6.54 Å². The normalized spacial score (nSPS) is 13.0. The Labute approximate surface area is 121 Å². The van der Waals surface area contributed by atoms with Crippen LogP contribution in [0.25, 0.3) is 0 Å². The number of aliphatic hydroxyl groups excluding tert-OH is 1. The third kappa shape index (κ3) is 4.51. The van der Waals surface area contributed by atoms with E-state index in [0.717, 1.165) is 12.8 Å². The highest BCUT2D eigenvalue weighted by molar-refractivity contribution is 9.10. The molecule has 2 N–H and O–H groups in total. The van der Waals surface area contributed by atoms with Crippen LogP contribution >= 0.6 is 15.9 Å². The van der Waals surface area contributed by atoms with Gasteiger partial charge in [-0.2, -0.15) is 0 Å². The number of halogens is 3. The molecule has 0 amide bonds. The molecule has 0 aliphatic heterocycles. The van der Waals surface area contributed by atoms with Gasteiger partial charge in [-0.1, -0.05) is 26.7 Å². The third-order valence-corrected chi connectivity index (χ3v) is 4.00. The first-order valence-corrected chi connectivity index (χ1v) is 7.31. The van der Waals surface area contributed by atoms with Crippen molar-refractivity contribution in [2.45, 2.75) is 39.3 Å². The van der Waals surface area contributed by atoms with E-state index < -0.39 is 17.7 Å². The summed E-state index contributed by atoms with van der Waals surface area (Å²) in [6, 6.07) is 2.56. The number of hydrogen-bond donors (Lipinski definition) is 2. The number of aliphatic hydroxyl groups is 1. The zero-order valence-electron chi connectivity index (χ0n) is 11.2. The van der Waals surface area contributed by atoms with Gasteiger partial charge in [0.15, 0.2) is 0 Å². The SMILES string of the molecule is CCC(CC)C(O)CNCc1c(F)ccc(Br)c1F. The predicted octanol–water partition coefficient (Wildman–Crippen LogP) is 3.61. The van der Waals surface area contributed by atoms with Crippen molar-refractivity contribution in [3.8, 4) is 0 Å². The van der Waals surface area contributed by atoms with Crippen molar-refractivity contribution < 1.29 is 13.9 Å². The summed E-state index contributed by atoms with van der Waals surface area (Å²) in [6.45, 7) is 4.43. The molecular weight excluding hydrogens is 316 g/mol. The minimum atomic E-state index is -0.593. The molecule has 1 aromatic carbocycles. The molecule has 1 aromatic rings. The molecule has 0 bridgehead atoms. The minimum absolute atomic E-state index is 0.00822. The van der Waals surface area contributed by atoms with Crippen molar-refractivity contribution in [3.05, 3.63) is 33.8 Å². The topological polar surface area (TPSA) is 32.3 Å². The Bertz CT molecular complexity index is 411. The molecule has 2 nitrogen and oxygen atoms in total. The molecule has 0 fully saturated rings. The van der Waals surface area contributed by atoms with Gasteiger partial charge < -0.3 is 10.4 Å². The smallest absolute Gasteiger partial charge is 0.144 e. The molecule has 1 unspecified atom stereocenters. The van der Waals surface area contributed by atoms with Gasteiger partial charge in [0.1, 0.15) is 11.6 Å². The lowest BCUT2D eigenvalue weighted by atomic mass is 9.96. The van der Waals surface area contributed by atoms with Gasteiger partial charge >= 0.3 is 0 Å². The quantitative estimate of drug-likeness (QED) is 0.746. The summed E-state index contributed by atoms with van der Waals surface area (Å²) < 4.78 is 27.4. The van der Waals surface area contributed by atoms with Gasteiger partial charge in [-0.25, -0.2) is 8.78 Å². The number of hydrogen-bond acceptors (Lipinski definition) is 2. The average Bonchev–Trinajstić information content (AvgIpc) is 2.39. The summed E-state index contributed by atoms with van der Waals surface area (Å²) in [6.07, 6.45) is 1.28. The van der Waals surface area contributed by atoms with E-state index >= 15 is 0 Å². The van der Waals surface area contributed by atoms with E-state index in [9.17, 15) is 13.9 Å². The molecule has 0 heterocycles. The third-order valence-electron chi connectivity index (χ3n) is 3.39. The van der Waals surface area contributed by atoms with Crippen molar-refractivity contribution in [1.29, 1.82) is 0 Å². The summed E-state index contributed by atoms with van der Waals surface area (Å²) in [7, 11) is 0. The predicted molar refractivity (Wildman–Crippen MR) is 75.8 cm³/mol. The van der Waals surface area contributed by atoms with Crippen molar-refractivity contribution >= 4 is 15.9 Å². The Morgan fingerprint density at radius 2 is 1.89 bits per heavy atom. The van der Waals surface area contributed by atoms with E-state index in [1.54, 1.807) is 0 Å².